The summed E-state index contributed by atoms with van der Waals surface area (Å²) in [4.78, 5) is 11.1. The van der Waals surface area contributed by atoms with Crippen LogP contribution >= 0.6 is 0 Å². The molecule has 0 spiro atoms. The van der Waals surface area contributed by atoms with Gasteiger partial charge in [-0.3, -0.25) is 9.89 Å². The minimum absolute atomic E-state index is 0.432. The monoisotopic (exact) mass is 199 g/mol. The lowest BCUT2D eigenvalue weighted by atomic mass is 10.1. The van der Waals surface area contributed by atoms with Gasteiger partial charge >= 0.3 is 0 Å². The number of aromatic amines is 1. The number of carbonyl (C=O) groups is 1. The third-order valence-corrected chi connectivity index (χ3v) is 2.75. The Bertz CT molecular complexity index is 557. The predicted molar refractivity (Wildman–Crippen MR) is 55.3 cm³/mol. The molecule has 1 aromatic heterocycles. The fourth-order valence-corrected chi connectivity index (χ4v) is 2.06. The van der Waals surface area contributed by atoms with E-state index >= 15 is 0 Å². The normalized spacial score (nSPS) is 12.3. The van der Waals surface area contributed by atoms with E-state index in [0.29, 0.717) is 5.69 Å². The second kappa shape index (κ2) is 2.70. The van der Waals surface area contributed by atoms with E-state index in [-0.39, 0.29) is 0 Å². The Kier molecular flexibility index (Phi) is 1.48. The maximum atomic E-state index is 11.1. The van der Waals surface area contributed by atoms with E-state index < -0.39 is 5.91 Å². The minimum Gasteiger partial charge on any atom is -0.364 e. The van der Waals surface area contributed by atoms with Crippen LogP contribution in [0.1, 0.15) is 21.6 Å². The smallest absolute Gasteiger partial charge is 0.267 e. The van der Waals surface area contributed by atoms with Crippen LogP contribution in [0.15, 0.2) is 24.3 Å². The molecule has 0 radical (unpaired) electrons. The molecule has 1 aliphatic rings. The molecule has 0 bridgehead atoms. The number of hydrogen-bond donors (Lipinski definition) is 2. The number of hydrogen-bond acceptors (Lipinski definition) is 2. The summed E-state index contributed by atoms with van der Waals surface area (Å²) >= 11 is 0. The molecule has 0 saturated carbocycles. The number of nitrogens with one attached hydrogen (secondary N) is 1. The van der Waals surface area contributed by atoms with Crippen molar-refractivity contribution in [2.45, 2.75) is 6.42 Å². The van der Waals surface area contributed by atoms with Crippen LogP contribution in [0.3, 0.4) is 0 Å². The van der Waals surface area contributed by atoms with E-state index in [1.54, 1.807) is 0 Å². The topological polar surface area (TPSA) is 71.8 Å². The van der Waals surface area contributed by atoms with Crippen molar-refractivity contribution in [2.75, 3.05) is 0 Å². The number of fused-ring (bicyclic) bond motifs is 3. The van der Waals surface area contributed by atoms with Gasteiger partial charge < -0.3 is 5.73 Å². The van der Waals surface area contributed by atoms with Gasteiger partial charge in [0.2, 0.25) is 0 Å². The van der Waals surface area contributed by atoms with E-state index in [9.17, 15) is 4.79 Å². The Morgan fingerprint density at radius 1 is 1.40 bits per heavy atom. The van der Waals surface area contributed by atoms with Gasteiger partial charge in [0.15, 0.2) is 0 Å². The first-order valence-electron chi connectivity index (χ1n) is 4.72. The molecule has 1 aromatic carbocycles. The van der Waals surface area contributed by atoms with Crippen LogP contribution in [0.2, 0.25) is 0 Å². The van der Waals surface area contributed by atoms with Gasteiger partial charge in [-0.05, 0) is 5.56 Å². The van der Waals surface area contributed by atoms with Crippen molar-refractivity contribution in [1.29, 1.82) is 0 Å². The van der Waals surface area contributed by atoms with Crippen molar-refractivity contribution in [3.05, 3.63) is 41.1 Å². The van der Waals surface area contributed by atoms with E-state index in [4.69, 9.17) is 5.73 Å². The van der Waals surface area contributed by atoms with Crippen molar-refractivity contribution in [1.82, 2.24) is 10.2 Å². The molecule has 1 aliphatic carbocycles. The SMILES string of the molecule is NC(=O)c1[nH]nc2c1Cc1ccccc1-2. The number of H-pyrrole nitrogens is 1. The number of nitrogens with zero attached hydrogens (tertiary/aromatic N) is 1. The lowest BCUT2D eigenvalue weighted by Gasteiger charge is -1.96. The highest BCUT2D eigenvalue weighted by molar-refractivity contribution is 5.95. The van der Waals surface area contributed by atoms with Crippen LogP contribution in [0.25, 0.3) is 11.3 Å². The molecule has 1 amide bonds. The summed E-state index contributed by atoms with van der Waals surface area (Å²) in [6.45, 7) is 0. The molecular formula is C11H9N3O. The summed E-state index contributed by atoms with van der Waals surface area (Å²) in [6.07, 6.45) is 0.736. The van der Waals surface area contributed by atoms with E-state index in [1.807, 2.05) is 24.3 Å². The van der Waals surface area contributed by atoms with E-state index in [0.717, 1.165) is 23.2 Å². The first kappa shape index (κ1) is 8.23. The number of rotatable bonds is 1. The first-order valence-corrected chi connectivity index (χ1v) is 4.72. The third-order valence-electron chi connectivity index (χ3n) is 2.75. The molecule has 1 heterocycles. The molecule has 2 aromatic rings. The number of carbonyl (C=O) groups excluding carboxylic acids is 1. The Hall–Kier alpha value is -2.10. The van der Waals surface area contributed by atoms with Crippen molar-refractivity contribution in [3.8, 4) is 11.3 Å². The Morgan fingerprint density at radius 3 is 3.00 bits per heavy atom. The Labute approximate surface area is 86.1 Å². The predicted octanol–water partition coefficient (Wildman–Crippen LogP) is 1.08. The van der Waals surface area contributed by atoms with Gasteiger partial charge in [0.25, 0.3) is 5.91 Å². The van der Waals surface area contributed by atoms with Crippen molar-refractivity contribution >= 4 is 5.91 Å². The van der Waals surface area contributed by atoms with Crippen LogP contribution in [-0.2, 0) is 6.42 Å². The van der Waals surface area contributed by atoms with Gasteiger partial charge in [-0.25, -0.2) is 0 Å². The lowest BCUT2D eigenvalue weighted by molar-refractivity contribution is 0.0995. The molecular weight excluding hydrogens is 190 g/mol. The molecule has 4 heteroatoms. The van der Waals surface area contributed by atoms with Gasteiger partial charge in [-0.2, -0.15) is 5.10 Å². The zero-order chi connectivity index (χ0) is 10.4. The second-order valence-corrected chi connectivity index (χ2v) is 3.62. The molecule has 3 rings (SSSR count). The molecule has 0 aliphatic heterocycles. The van der Waals surface area contributed by atoms with Gasteiger partial charge in [0.1, 0.15) is 5.69 Å². The number of primary amides is 1. The molecule has 0 atom stereocenters. The van der Waals surface area contributed by atoms with Crippen molar-refractivity contribution < 1.29 is 4.79 Å². The van der Waals surface area contributed by atoms with Crippen molar-refractivity contribution in [2.24, 2.45) is 5.73 Å². The molecule has 4 nitrogen and oxygen atoms in total. The van der Waals surface area contributed by atoms with Crippen LogP contribution in [0.5, 0.6) is 0 Å². The number of nitrogens with two attached hydrogens (primary N) is 1. The van der Waals surface area contributed by atoms with Crippen molar-refractivity contribution in [3.63, 3.8) is 0 Å². The summed E-state index contributed by atoms with van der Waals surface area (Å²) in [5, 5.41) is 6.83. The van der Waals surface area contributed by atoms with Crippen LogP contribution < -0.4 is 5.73 Å². The van der Waals surface area contributed by atoms with Gasteiger partial charge in [0, 0.05) is 17.5 Å². The van der Waals surface area contributed by atoms with Crippen LogP contribution in [0, 0.1) is 0 Å². The highest BCUT2D eigenvalue weighted by Crippen LogP contribution is 2.36. The lowest BCUT2D eigenvalue weighted by Crippen LogP contribution is -2.13. The van der Waals surface area contributed by atoms with Crippen LogP contribution in [0.4, 0.5) is 0 Å². The number of amides is 1. The highest BCUT2D eigenvalue weighted by atomic mass is 16.1. The summed E-state index contributed by atoms with van der Waals surface area (Å²) < 4.78 is 0. The third kappa shape index (κ3) is 1.01. The maximum Gasteiger partial charge on any atom is 0.267 e. The molecule has 74 valence electrons. The molecule has 15 heavy (non-hydrogen) atoms. The number of aromatic nitrogens is 2. The first-order chi connectivity index (χ1) is 7.27. The standard InChI is InChI=1S/C11H9N3O/c12-11(15)10-8-5-6-3-1-2-4-7(6)9(8)13-14-10/h1-4H,5H2,(H2,12,15)(H,13,14). The molecule has 3 N–H and O–H groups in total. The number of benzene rings is 1. The fourth-order valence-electron chi connectivity index (χ4n) is 2.06. The van der Waals surface area contributed by atoms with Gasteiger partial charge in [-0.1, -0.05) is 24.3 Å². The van der Waals surface area contributed by atoms with Crippen LogP contribution in [-0.4, -0.2) is 16.1 Å². The summed E-state index contributed by atoms with van der Waals surface area (Å²) in [7, 11) is 0. The summed E-state index contributed by atoms with van der Waals surface area (Å²) in [6, 6.07) is 8.00. The average Bonchev–Trinajstić information content (AvgIpc) is 2.74. The average molecular weight is 199 g/mol. The molecule has 0 unspecified atom stereocenters. The maximum absolute atomic E-state index is 11.1. The van der Waals surface area contributed by atoms with E-state index in [1.165, 1.54) is 5.56 Å². The molecule has 0 fully saturated rings. The molecule has 0 saturated heterocycles. The fraction of sp³-hybridized carbons (Fsp3) is 0.0909. The largest absolute Gasteiger partial charge is 0.364 e. The van der Waals surface area contributed by atoms with Gasteiger partial charge in [0.05, 0.1) is 5.69 Å². The Morgan fingerprint density at radius 2 is 2.20 bits per heavy atom. The summed E-state index contributed by atoms with van der Waals surface area (Å²) in [5.41, 5.74) is 9.76. The van der Waals surface area contributed by atoms with E-state index in [2.05, 4.69) is 10.2 Å². The highest BCUT2D eigenvalue weighted by Gasteiger charge is 2.25. The zero-order valence-electron chi connectivity index (χ0n) is 7.95. The van der Waals surface area contributed by atoms with Gasteiger partial charge in [-0.15, -0.1) is 0 Å². The zero-order valence-corrected chi connectivity index (χ0v) is 7.95. The second-order valence-electron chi connectivity index (χ2n) is 3.62. The summed E-state index contributed by atoms with van der Waals surface area (Å²) in [5.74, 6) is -0.448. The minimum atomic E-state index is -0.448. The quantitative estimate of drug-likeness (QED) is 0.615. The Balaban J connectivity index is 2.23.